The zero-order chi connectivity index (χ0) is 22.9. The minimum Gasteiger partial charge on any atom is -0.497 e. The Morgan fingerprint density at radius 1 is 0.906 bits per heavy atom. The molecule has 0 spiro atoms. The van der Waals surface area contributed by atoms with Gasteiger partial charge in [-0.05, 0) is 48.4 Å². The van der Waals surface area contributed by atoms with E-state index in [0.29, 0.717) is 50.5 Å². The van der Waals surface area contributed by atoms with Gasteiger partial charge in [0, 0.05) is 50.5 Å². The number of carbonyl (C=O) groups excluding carboxylic acids is 3. The number of nitrogens with one attached hydrogen (secondary N) is 2. The standard InChI is InChI=1S/C24H30N4O4/c1-3-18-4-8-20(9-5-18)26-23(30)22(29)25-12-13-27-14-16-28(17-15-27)24(31)19-6-10-21(32-2)11-7-19/h4-11H,3,12-17H2,1-2H3,(H,25,29)(H,26,30). The van der Waals surface area contributed by atoms with E-state index in [0.717, 1.165) is 12.2 Å². The highest BCUT2D eigenvalue weighted by molar-refractivity contribution is 6.39. The molecule has 2 N–H and O–H groups in total. The third-order valence-electron chi connectivity index (χ3n) is 5.54. The summed E-state index contributed by atoms with van der Waals surface area (Å²) < 4.78 is 5.13. The first-order valence-corrected chi connectivity index (χ1v) is 10.8. The van der Waals surface area contributed by atoms with Gasteiger partial charge in [0.05, 0.1) is 7.11 Å². The maximum atomic E-state index is 12.6. The van der Waals surface area contributed by atoms with Crippen LogP contribution in [0.4, 0.5) is 5.69 Å². The fourth-order valence-corrected chi connectivity index (χ4v) is 3.51. The molecule has 170 valence electrons. The van der Waals surface area contributed by atoms with Gasteiger partial charge in [0.15, 0.2) is 0 Å². The van der Waals surface area contributed by atoms with Crippen LogP contribution in [0.15, 0.2) is 48.5 Å². The first-order chi connectivity index (χ1) is 15.5. The van der Waals surface area contributed by atoms with Crippen LogP contribution in [0.5, 0.6) is 5.75 Å². The van der Waals surface area contributed by atoms with E-state index in [1.165, 1.54) is 5.56 Å². The Kier molecular flexibility index (Phi) is 8.21. The van der Waals surface area contributed by atoms with Gasteiger partial charge in [0.25, 0.3) is 5.91 Å². The molecule has 0 aliphatic carbocycles. The van der Waals surface area contributed by atoms with Gasteiger partial charge in [-0.25, -0.2) is 0 Å². The van der Waals surface area contributed by atoms with Crippen LogP contribution in [0.3, 0.4) is 0 Å². The fourth-order valence-electron chi connectivity index (χ4n) is 3.51. The van der Waals surface area contributed by atoms with E-state index in [1.807, 2.05) is 17.0 Å². The zero-order valence-electron chi connectivity index (χ0n) is 18.6. The van der Waals surface area contributed by atoms with Crippen molar-refractivity contribution in [3.05, 3.63) is 59.7 Å². The van der Waals surface area contributed by atoms with Crippen molar-refractivity contribution in [3.8, 4) is 5.75 Å². The van der Waals surface area contributed by atoms with Crippen molar-refractivity contribution in [2.45, 2.75) is 13.3 Å². The van der Waals surface area contributed by atoms with E-state index in [1.54, 1.807) is 43.5 Å². The van der Waals surface area contributed by atoms with E-state index in [9.17, 15) is 14.4 Å². The summed E-state index contributed by atoms with van der Waals surface area (Å²) in [6.45, 7) is 5.71. The first kappa shape index (κ1) is 23.3. The van der Waals surface area contributed by atoms with Crippen LogP contribution in [0.1, 0.15) is 22.8 Å². The average molecular weight is 439 g/mol. The number of anilines is 1. The summed E-state index contributed by atoms with van der Waals surface area (Å²) in [5.41, 5.74) is 2.40. The average Bonchev–Trinajstić information content (AvgIpc) is 2.84. The Bertz CT molecular complexity index is 920. The van der Waals surface area contributed by atoms with Crippen LogP contribution in [0.2, 0.25) is 0 Å². The first-order valence-electron chi connectivity index (χ1n) is 10.8. The van der Waals surface area contributed by atoms with Gasteiger partial charge in [-0.2, -0.15) is 0 Å². The summed E-state index contributed by atoms with van der Waals surface area (Å²) in [5, 5.41) is 5.26. The lowest BCUT2D eigenvalue weighted by molar-refractivity contribution is -0.136. The van der Waals surface area contributed by atoms with E-state index < -0.39 is 11.8 Å². The topological polar surface area (TPSA) is 91.0 Å². The van der Waals surface area contributed by atoms with Crippen molar-refractivity contribution in [1.29, 1.82) is 0 Å². The predicted octanol–water partition coefficient (Wildman–Crippen LogP) is 1.77. The molecule has 2 aromatic carbocycles. The lowest BCUT2D eigenvalue weighted by Gasteiger charge is -2.34. The predicted molar refractivity (Wildman–Crippen MR) is 123 cm³/mol. The molecular formula is C24H30N4O4. The number of nitrogens with zero attached hydrogens (tertiary/aromatic N) is 2. The molecular weight excluding hydrogens is 408 g/mol. The summed E-state index contributed by atoms with van der Waals surface area (Å²) in [7, 11) is 1.59. The number of benzene rings is 2. The SMILES string of the molecule is CCc1ccc(NC(=O)C(=O)NCCN2CCN(C(=O)c3ccc(OC)cc3)CC2)cc1. The van der Waals surface area contributed by atoms with Crippen molar-refractivity contribution in [2.24, 2.45) is 0 Å². The molecule has 0 bridgehead atoms. The highest BCUT2D eigenvalue weighted by Gasteiger charge is 2.22. The number of piperazine rings is 1. The number of methoxy groups -OCH3 is 1. The van der Waals surface area contributed by atoms with Crippen LogP contribution in [-0.2, 0) is 16.0 Å². The van der Waals surface area contributed by atoms with Gasteiger partial charge in [-0.3, -0.25) is 19.3 Å². The Hall–Kier alpha value is -3.39. The largest absolute Gasteiger partial charge is 0.497 e. The number of amides is 3. The summed E-state index contributed by atoms with van der Waals surface area (Å²) in [6.07, 6.45) is 0.915. The van der Waals surface area contributed by atoms with Crippen LogP contribution in [0, 0.1) is 0 Å². The molecule has 1 aliphatic heterocycles. The van der Waals surface area contributed by atoms with E-state index in [2.05, 4.69) is 22.5 Å². The van der Waals surface area contributed by atoms with E-state index >= 15 is 0 Å². The summed E-state index contributed by atoms with van der Waals surface area (Å²) in [4.78, 5) is 40.7. The van der Waals surface area contributed by atoms with Gasteiger partial charge in [-0.1, -0.05) is 19.1 Å². The maximum Gasteiger partial charge on any atom is 0.313 e. The Labute approximate surface area is 188 Å². The number of aryl methyl sites for hydroxylation is 1. The van der Waals surface area contributed by atoms with Crippen molar-refractivity contribution >= 4 is 23.4 Å². The third-order valence-corrected chi connectivity index (χ3v) is 5.54. The number of hydrogen-bond acceptors (Lipinski definition) is 5. The van der Waals surface area contributed by atoms with Crippen LogP contribution < -0.4 is 15.4 Å². The molecule has 1 aliphatic rings. The second kappa shape index (κ2) is 11.3. The van der Waals surface area contributed by atoms with Crippen molar-refractivity contribution in [2.75, 3.05) is 51.7 Å². The molecule has 3 rings (SSSR count). The minimum absolute atomic E-state index is 0.00393. The number of carbonyl (C=O) groups is 3. The lowest BCUT2D eigenvalue weighted by atomic mass is 10.1. The van der Waals surface area contributed by atoms with E-state index in [-0.39, 0.29) is 5.91 Å². The number of ether oxygens (including phenoxy) is 1. The zero-order valence-corrected chi connectivity index (χ0v) is 18.6. The van der Waals surface area contributed by atoms with Crippen molar-refractivity contribution in [1.82, 2.24) is 15.1 Å². The van der Waals surface area contributed by atoms with Crippen LogP contribution in [0.25, 0.3) is 0 Å². The van der Waals surface area contributed by atoms with Crippen molar-refractivity contribution < 1.29 is 19.1 Å². The highest BCUT2D eigenvalue weighted by atomic mass is 16.5. The maximum absolute atomic E-state index is 12.6. The molecule has 3 amide bonds. The molecule has 32 heavy (non-hydrogen) atoms. The second-order valence-electron chi connectivity index (χ2n) is 7.62. The molecule has 0 radical (unpaired) electrons. The van der Waals surface area contributed by atoms with Gasteiger partial charge < -0.3 is 20.3 Å². The highest BCUT2D eigenvalue weighted by Crippen LogP contribution is 2.14. The second-order valence-corrected chi connectivity index (χ2v) is 7.62. The van der Waals surface area contributed by atoms with Gasteiger partial charge in [0.1, 0.15) is 5.75 Å². The molecule has 8 heteroatoms. The molecule has 0 saturated carbocycles. The summed E-state index contributed by atoms with van der Waals surface area (Å²) in [6, 6.07) is 14.5. The monoisotopic (exact) mass is 438 g/mol. The molecule has 0 atom stereocenters. The summed E-state index contributed by atoms with van der Waals surface area (Å²) >= 11 is 0. The van der Waals surface area contributed by atoms with Crippen LogP contribution >= 0.6 is 0 Å². The molecule has 1 heterocycles. The van der Waals surface area contributed by atoms with Crippen LogP contribution in [-0.4, -0.2) is 73.9 Å². The summed E-state index contributed by atoms with van der Waals surface area (Å²) in [5.74, 6) is -0.609. The van der Waals surface area contributed by atoms with Gasteiger partial charge >= 0.3 is 11.8 Å². The molecule has 0 unspecified atom stereocenters. The Morgan fingerprint density at radius 2 is 1.56 bits per heavy atom. The Morgan fingerprint density at radius 3 is 2.16 bits per heavy atom. The van der Waals surface area contributed by atoms with E-state index in [4.69, 9.17) is 4.74 Å². The van der Waals surface area contributed by atoms with Gasteiger partial charge in [-0.15, -0.1) is 0 Å². The number of hydrogen-bond donors (Lipinski definition) is 2. The molecule has 1 saturated heterocycles. The molecule has 0 aromatic heterocycles. The quantitative estimate of drug-likeness (QED) is 0.643. The molecule has 2 aromatic rings. The number of rotatable bonds is 7. The molecule has 8 nitrogen and oxygen atoms in total. The normalized spacial score (nSPS) is 14.0. The minimum atomic E-state index is -0.677. The Balaban J connectivity index is 1.36. The fraction of sp³-hybridized carbons (Fsp3) is 0.375. The third kappa shape index (κ3) is 6.31. The van der Waals surface area contributed by atoms with Crippen molar-refractivity contribution in [3.63, 3.8) is 0 Å². The smallest absolute Gasteiger partial charge is 0.313 e. The molecule has 1 fully saturated rings. The van der Waals surface area contributed by atoms with Gasteiger partial charge in [0.2, 0.25) is 0 Å². The lowest BCUT2D eigenvalue weighted by Crippen LogP contribution is -2.50.